The Bertz CT molecular complexity index is 480. The molecule has 0 unspecified atom stereocenters. The number of carbonyl (C=O) groups excluding carboxylic acids is 2. The summed E-state index contributed by atoms with van der Waals surface area (Å²) < 4.78 is 0. The van der Waals surface area contributed by atoms with Crippen LogP contribution >= 0.6 is 11.3 Å². The highest BCUT2D eigenvalue weighted by molar-refractivity contribution is 7.09. The van der Waals surface area contributed by atoms with Gasteiger partial charge in [0.1, 0.15) is 5.54 Å². The van der Waals surface area contributed by atoms with Gasteiger partial charge in [0, 0.05) is 24.5 Å². The maximum absolute atomic E-state index is 12.5. The number of amides is 2. The summed E-state index contributed by atoms with van der Waals surface area (Å²) in [5, 5.41) is 5.86. The fraction of sp³-hybridized carbons (Fsp3) is 0.615. The third kappa shape index (κ3) is 2.36. The Kier molecular flexibility index (Phi) is 3.26. The van der Waals surface area contributed by atoms with Gasteiger partial charge < -0.3 is 10.2 Å². The van der Waals surface area contributed by atoms with Gasteiger partial charge in [-0.15, -0.1) is 11.3 Å². The number of hydrogen-bond donors (Lipinski definition) is 1. The minimum atomic E-state index is -0.599. The molecule has 2 aliphatic rings. The molecule has 1 saturated carbocycles. The molecule has 19 heavy (non-hydrogen) atoms. The van der Waals surface area contributed by atoms with E-state index in [1.165, 1.54) is 0 Å². The summed E-state index contributed by atoms with van der Waals surface area (Å²) in [7, 11) is 0. The zero-order chi connectivity index (χ0) is 13.3. The minimum Gasteiger partial charge on any atom is -0.340 e. The number of carbonyl (C=O) groups is 2. The van der Waals surface area contributed by atoms with Crippen LogP contribution in [-0.4, -0.2) is 40.3 Å². The molecule has 1 spiro atoms. The summed E-state index contributed by atoms with van der Waals surface area (Å²) >= 11 is 1.59. The van der Waals surface area contributed by atoms with Gasteiger partial charge in [-0.2, -0.15) is 0 Å². The van der Waals surface area contributed by atoms with Crippen molar-refractivity contribution in [2.75, 3.05) is 13.1 Å². The number of nitrogens with one attached hydrogen (secondary N) is 1. The van der Waals surface area contributed by atoms with E-state index in [1.807, 2.05) is 5.38 Å². The number of rotatable bonds is 3. The molecule has 0 radical (unpaired) electrons. The normalized spacial score (nSPS) is 22.0. The standard InChI is InChI=1S/C13H17N3O2S/c17-10-9-16(7-3-11-14-6-8-19-11)12(18)13(15-10)4-1-2-5-13/h6,8H,1-5,7,9H2,(H,15,17). The van der Waals surface area contributed by atoms with Crippen molar-refractivity contribution in [3.8, 4) is 0 Å². The van der Waals surface area contributed by atoms with Gasteiger partial charge in [0.05, 0.1) is 11.6 Å². The summed E-state index contributed by atoms with van der Waals surface area (Å²) in [6.45, 7) is 0.771. The first-order chi connectivity index (χ1) is 9.20. The second-order valence-electron chi connectivity index (χ2n) is 5.24. The van der Waals surface area contributed by atoms with Crippen LogP contribution < -0.4 is 5.32 Å². The molecule has 1 aliphatic carbocycles. The average molecular weight is 279 g/mol. The lowest BCUT2D eigenvalue weighted by atomic mass is 9.93. The maximum Gasteiger partial charge on any atom is 0.248 e. The number of piperazine rings is 1. The van der Waals surface area contributed by atoms with Gasteiger partial charge in [0.2, 0.25) is 11.8 Å². The van der Waals surface area contributed by atoms with E-state index < -0.39 is 5.54 Å². The molecule has 102 valence electrons. The quantitative estimate of drug-likeness (QED) is 0.896. The van der Waals surface area contributed by atoms with E-state index in [1.54, 1.807) is 22.4 Å². The lowest BCUT2D eigenvalue weighted by molar-refractivity contribution is -0.149. The molecule has 0 aromatic carbocycles. The van der Waals surface area contributed by atoms with Crippen LogP contribution in [0.3, 0.4) is 0 Å². The molecule has 2 heterocycles. The van der Waals surface area contributed by atoms with E-state index in [-0.39, 0.29) is 18.4 Å². The highest BCUT2D eigenvalue weighted by atomic mass is 32.1. The van der Waals surface area contributed by atoms with Crippen molar-refractivity contribution >= 4 is 23.2 Å². The van der Waals surface area contributed by atoms with Crippen LogP contribution in [0.4, 0.5) is 0 Å². The fourth-order valence-corrected chi connectivity index (χ4v) is 3.62. The predicted octanol–water partition coefficient (Wildman–Crippen LogP) is 0.957. The highest BCUT2D eigenvalue weighted by Crippen LogP contribution is 2.33. The zero-order valence-electron chi connectivity index (χ0n) is 10.7. The van der Waals surface area contributed by atoms with Gasteiger partial charge in [0.15, 0.2) is 0 Å². The first-order valence-electron chi connectivity index (χ1n) is 6.68. The molecule has 2 fully saturated rings. The monoisotopic (exact) mass is 279 g/mol. The highest BCUT2D eigenvalue weighted by Gasteiger charge is 2.47. The van der Waals surface area contributed by atoms with Crippen molar-refractivity contribution in [1.29, 1.82) is 0 Å². The second-order valence-corrected chi connectivity index (χ2v) is 6.22. The Morgan fingerprint density at radius 3 is 2.84 bits per heavy atom. The van der Waals surface area contributed by atoms with E-state index in [9.17, 15) is 9.59 Å². The molecule has 6 heteroatoms. The lowest BCUT2D eigenvalue weighted by Gasteiger charge is -2.39. The Morgan fingerprint density at radius 1 is 1.37 bits per heavy atom. The summed E-state index contributed by atoms with van der Waals surface area (Å²) in [4.78, 5) is 30.3. The maximum atomic E-state index is 12.5. The molecule has 1 saturated heterocycles. The van der Waals surface area contributed by atoms with Gasteiger partial charge in [-0.25, -0.2) is 4.98 Å². The third-order valence-electron chi connectivity index (χ3n) is 3.95. The van der Waals surface area contributed by atoms with E-state index in [2.05, 4.69) is 10.3 Å². The topological polar surface area (TPSA) is 62.3 Å². The van der Waals surface area contributed by atoms with Gasteiger partial charge in [-0.1, -0.05) is 12.8 Å². The van der Waals surface area contributed by atoms with Gasteiger partial charge >= 0.3 is 0 Å². The Balaban J connectivity index is 1.70. The molecule has 1 N–H and O–H groups in total. The summed E-state index contributed by atoms with van der Waals surface area (Å²) in [6, 6.07) is 0. The van der Waals surface area contributed by atoms with Gasteiger partial charge in [-0.05, 0) is 12.8 Å². The zero-order valence-corrected chi connectivity index (χ0v) is 11.5. The largest absolute Gasteiger partial charge is 0.340 e. The lowest BCUT2D eigenvalue weighted by Crippen LogP contribution is -2.65. The Morgan fingerprint density at radius 2 is 2.16 bits per heavy atom. The van der Waals surface area contributed by atoms with Crippen molar-refractivity contribution in [3.63, 3.8) is 0 Å². The van der Waals surface area contributed by atoms with Crippen molar-refractivity contribution in [2.24, 2.45) is 0 Å². The SMILES string of the molecule is O=C1CN(CCc2nccs2)C(=O)C2(CCCC2)N1. The second kappa shape index (κ2) is 4.92. The van der Waals surface area contributed by atoms with Crippen molar-refractivity contribution < 1.29 is 9.59 Å². The molecule has 1 aromatic rings. The number of hydrogen-bond acceptors (Lipinski definition) is 4. The molecule has 0 atom stereocenters. The van der Waals surface area contributed by atoms with Crippen LogP contribution in [0.5, 0.6) is 0 Å². The summed E-state index contributed by atoms with van der Waals surface area (Å²) in [5.41, 5.74) is -0.599. The molecular formula is C13H17N3O2S. The third-order valence-corrected chi connectivity index (χ3v) is 4.79. The number of nitrogens with zero attached hydrogens (tertiary/aromatic N) is 2. The first kappa shape index (κ1) is 12.6. The molecular weight excluding hydrogens is 262 g/mol. The summed E-state index contributed by atoms with van der Waals surface area (Å²) in [6.07, 6.45) is 6.10. The van der Waals surface area contributed by atoms with E-state index in [0.29, 0.717) is 6.54 Å². The average Bonchev–Trinajstić information content (AvgIpc) is 3.04. The van der Waals surface area contributed by atoms with Crippen molar-refractivity contribution in [2.45, 2.75) is 37.6 Å². The predicted molar refractivity (Wildman–Crippen MR) is 71.7 cm³/mol. The molecule has 3 rings (SSSR count). The summed E-state index contributed by atoms with van der Waals surface area (Å²) in [5.74, 6) is 0.0711. The molecule has 2 amide bonds. The number of thiazole rings is 1. The molecule has 0 bridgehead atoms. The van der Waals surface area contributed by atoms with Crippen LogP contribution in [0.25, 0.3) is 0 Å². The fourth-order valence-electron chi connectivity index (χ4n) is 3.01. The van der Waals surface area contributed by atoms with Crippen LogP contribution in [0, 0.1) is 0 Å². The minimum absolute atomic E-state index is 0.0272. The van der Waals surface area contributed by atoms with Crippen LogP contribution in [0.1, 0.15) is 30.7 Å². The van der Waals surface area contributed by atoms with Crippen molar-refractivity contribution in [1.82, 2.24) is 15.2 Å². The van der Waals surface area contributed by atoms with Crippen LogP contribution in [-0.2, 0) is 16.0 Å². The smallest absolute Gasteiger partial charge is 0.248 e. The Labute approximate surface area is 116 Å². The number of aromatic nitrogens is 1. The van der Waals surface area contributed by atoms with E-state index >= 15 is 0 Å². The molecule has 1 aliphatic heterocycles. The molecule has 1 aromatic heterocycles. The van der Waals surface area contributed by atoms with E-state index in [4.69, 9.17) is 0 Å². The first-order valence-corrected chi connectivity index (χ1v) is 7.56. The van der Waals surface area contributed by atoms with Gasteiger partial charge in [-0.3, -0.25) is 9.59 Å². The van der Waals surface area contributed by atoms with E-state index in [0.717, 1.165) is 37.1 Å². The van der Waals surface area contributed by atoms with Crippen molar-refractivity contribution in [3.05, 3.63) is 16.6 Å². The Hall–Kier alpha value is -1.43. The van der Waals surface area contributed by atoms with Crippen LogP contribution in [0.2, 0.25) is 0 Å². The van der Waals surface area contributed by atoms with Gasteiger partial charge in [0.25, 0.3) is 0 Å². The van der Waals surface area contributed by atoms with Crippen LogP contribution in [0.15, 0.2) is 11.6 Å². The molecule has 5 nitrogen and oxygen atoms in total.